The first-order chi connectivity index (χ1) is 14.6. The first kappa shape index (κ1) is 26.2. The first-order valence-corrected chi connectivity index (χ1v) is 11.4. The first-order valence-electron chi connectivity index (χ1n) is 10.5. The second-order valence-electron chi connectivity index (χ2n) is 6.37. The van der Waals surface area contributed by atoms with Crippen LogP contribution in [0.2, 0.25) is 0 Å². The molecule has 1 fully saturated rings. The van der Waals surface area contributed by atoms with E-state index in [1.54, 1.807) is 46.6 Å². The lowest BCUT2D eigenvalue weighted by Crippen LogP contribution is -2.31. The van der Waals surface area contributed by atoms with Gasteiger partial charge in [0.25, 0.3) is 0 Å². The van der Waals surface area contributed by atoms with Crippen molar-refractivity contribution in [2.75, 3.05) is 52.4 Å². The molecule has 0 atom stereocenters. The van der Waals surface area contributed by atoms with E-state index >= 15 is 0 Å². The molecule has 1 saturated heterocycles. The summed E-state index contributed by atoms with van der Waals surface area (Å²) >= 11 is 10.4. The van der Waals surface area contributed by atoms with Crippen molar-refractivity contribution < 1.29 is 0 Å². The number of thiocarbonyl (C=S) groups is 2. The molecule has 2 aromatic heterocycles. The minimum atomic E-state index is 0.644. The number of nitrogens with one attached hydrogen (secondary N) is 2. The Hall–Kier alpha value is -1.88. The van der Waals surface area contributed by atoms with Gasteiger partial charge >= 0.3 is 0 Å². The van der Waals surface area contributed by atoms with E-state index in [-0.39, 0.29) is 0 Å². The van der Waals surface area contributed by atoms with Gasteiger partial charge in [0.05, 0.1) is 0 Å². The van der Waals surface area contributed by atoms with Gasteiger partial charge < -0.3 is 20.4 Å². The summed E-state index contributed by atoms with van der Waals surface area (Å²) in [6.45, 7) is 17.2. The van der Waals surface area contributed by atoms with Crippen LogP contribution in [0, 0.1) is 0 Å². The number of hydrogen-bond acceptors (Lipinski definition) is 6. The average Bonchev–Trinajstić information content (AvgIpc) is 3.54. The maximum atomic E-state index is 5.21. The van der Waals surface area contributed by atoms with Gasteiger partial charge in [0.1, 0.15) is 12.7 Å². The highest BCUT2D eigenvalue weighted by molar-refractivity contribution is 7.80. The van der Waals surface area contributed by atoms with E-state index in [0.29, 0.717) is 5.11 Å². The van der Waals surface area contributed by atoms with Crippen LogP contribution < -0.4 is 10.6 Å². The van der Waals surface area contributed by atoms with Crippen LogP contribution in [0.15, 0.2) is 37.4 Å². The van der Waals surface area contributed by atoms with Crippen molar-refractivity contribution in [3.8, 4) is 0 Å². The molecule has 0 aliphatic carbocycles. The van der Waals surface area contributed by atoms with Crippen LogP contribution in [0.1, 0.15) is 27.7 Å². The zero-order valence-electron chi connectivity index (χ0n) is 18.6. The van der Waals surface area contributed by atoms with E-state index < -0.39 is 0 Å². The van der Waals surface area contributed by atoms with Gasteiger partial charge in [-0.15, -0.1) is 0 Å². The molecule has 0 saturated carbocycles. The monoisotopic (exact) mass is 452 g/mol. The molecule has 10 heteroatoms. The van der Waals surface area contributed by atoms with Crippen LogP contribution in [0.5, 0.6) is 0 Å². The van der Waals surface area contributed by atoms with Crippen molar-refractivity contribution in [3.63, 3.8) is 0 Å². The summed E-state index contributed by atoms with van der Waals surface area (Å²) in [5, 5.41) is 8.12. The van der Waals surface area contributed by atoms with E-state index in [9.17, 15) is 0 Å². The third-order valence-electron chi connectivity index (χ3n) is 4.37. The Morgan fingerprint density at radius 2 is 1.30 bits per heavy atom. The normalized spacial score (nSPS) is 12.9. The minimum absolute atomic E-state index is 0.644. The minimum Gasteiger partial charge on any atom is -0.348 e. The lowest BCUT2D eigenvalue weighted by Gasteiger charge is -2.18. The number of nitrogens with zero attached hydrogens (tertiary/aromatic N) is 6. The van der Waals surface area contributed by atoms with E-state index in [1.165, 1.54) is 0 Å². The highest BCUT2D eigenvalue weighted by Crippen LogP contribution is 2.06. The van der Waals surface area contributed by atoms with Crippen molar-refractivity contribution in [2.45, 2.75) is 27.7 Å². The Kier molecular flexibility index (Phi) is 13.9. The van der Waals surface area contributed by atoms with E-state index in [4.69, 9.17) is 24.4 Å². The smallest absolute Gasteiger partial charge is 0.190 e. The molecule has 30 heavy (non-hydrogen) atoms. The fourth-order valence-corrected chi connectivity index (χ4v) is 3.28. The average molecular weight is 453 g/mol. The Labute approximate surface area is 191 Å². The standard InChI is InChI=1S/C7H6N4S.C7H14N2S.C6H16N2/c12-7(10-3-1-8-5-10)11-4-2-9-6-11;1-3-8-5-6-9(4-2)7(8)10;1-3-7-5-6-8-4-2/h1-6H;3-6H2,1-2H3;7-8H,3-6H2,1-2H3. The quantitative estimate of drug-likeness (QED) is 0.488. The van der Waals surface area contributed by atoms with Gasteiger partial charge in [-0.3, -0.25) is 9.13 Å². The largest absolute Gasteiger partial charge is 0.348 e. The van der Waals surface area contributed by atoms with Crippen LogP contribution in [0.3, 0.4) is 0 Å². The summed E-state index contributed by atoms with van der Waals surface area (Å²) in [7, 11) is 0. The van der Waals surface area contributed by atoms with Crippen LogP contribution in [0.25, 0.3) is 0 Å². The van der Waals surface area contributed by atoms with Crippen molar-refractivity contribution in [3.05, 3.63) is 37.4 Å². The Morgan fingerprint density at radius 1 is 0.867 bits per heavy atom. The lowest BCUT2D eigenvalue weighted by molar-refractivity contribution is 0.486. The molecule has 3 heterocycles. The molecule has 3 rings (SSSR count). The molecule has 0 bridgehead atoms. The molecule has 168 valence electrons. The predicted octanol–water partition coefficient (Wildman–Crippen LogP) is 1.90. The zero-order chi connectivity index (χ0) is 22.2. The highest BCUT2D eigenvalue weighted by atomic mass is 32.1. The van der Waals surface area contributed by atoms with Crippen LogP contribution >= 0.6 is 24.4 Å². The summed E-state index contributed by atoms with van der Waals surface area (Å²) < 4.78 is 3.49. The van der Waals surface area contributed by atoms with E-state index in [2.05, 4.69) is 58.1 Å². The second kappa shape index (κ2) is 15.9. The SMILES string of the molecule is CCN1CCN(CC)C1=S.CCNCCNCC.S=C(n1ccnc1)n1ccnc1. The molecule has 1 aliphatic heterocycles. The molecule has 0 amide bonds. The van der Waals surface area contributed by atoms with Crippen molar-refractivity contribution in [1.82, 2.24) is 39.5 Å². The lowest BCUT2D eigenvalue weighted by atomic mass is 10.6. The molecule has 8 nitrogen and oxygen atoms in total. The highest BCUT2D eigenvalue weighted by Gasteiger charge is 2.20. The van der Waals surface area contributed by atoms with Crippen molar-refractivity contribution >= 4 is 34.7 Å². The Bertz CT molecular complexity index is 631. The Morgan fingerprint density at radius 3 is 1.57 bits per heavy atom. The molecule has 0 aromatic carbocycles. The van der Waals surface area contributed by atoms with Crippen LogP contribution in [0.4, 0.5) is 0 Å². The van der Waals surface area contributed by atoms with Gasteiger partial charge in [0.2, 0.25) is 0 Å². The molecular formula is C20H36N8S2. The van der Waals surface area contributed by atoms with Crippen LogP contribution in [-0.4, -0.2) is 91.5 Å². The summed E-state index contributed by atoms with van der Waals surface area (Å²) in [6, 6.07) is 0. The summed E-state index contributed by atoms with van der Waals surface area (Å²) in [5.41, 5.74) is 0. The number of hydrogen-bond donors (Lipinski definition) is 2. The molecule has 0 radical (unpaired) electrons. The maximum Gasteiger partial charge on any atom is 0.190 e. The molecule has 1 aliphatic rings. The number of aromatic nitrogens is 4. The zero-order valence-corrected chi connectivity index (χ0v) is 20.3. The number of likely N-dealkylation sites (N-methyl/N-ethyl adjacent to an activating group) is 4. The van der Waals surface area contributed by atoms with Gasteiger partial charge in [-0.1, -0.05) is 13.8 Å². The second-order valence-corrected chi connectivity index (χ2v) is 7.10. The van der Waals surface area contributed by atoms with Gasteiger partial charge in [-0.2, -0.15) is 0 Å². The summed E-state index contributed by atoms with van der Waals surface area (Å²) in [5.74, 6) is 0. The topological polar surface area (TPSA) is 66.2 Å². The maximum absolute atomic E-state index is 5.21. The van der Waals surface area contributed by atoms with E-state index in [0.717, 1.165) is 57.5 Å². The van der Waals surface area contributed by atoms with Gasteiger partial charge in [0, 0.05) is 64.1 Å². The number of imidazole rings is 2. The molecule has 0 unspecified atom stereocenters. The number of rotatable bonds is 7. The van der Waals surface area contributed by atoms with Crippen molar-refractivity contribution in [1.29, 1.82) is 0 Å². The van der Waals surface area contributed by atoms with Crippen LogP contribution in [-0.2, 0) is 0 Å². The van der Waals surface area contributed by atoms with Gasteiger partial charge in [-0.25, -0.2) is 9.97 Å². The fourth-order valence-electron chi connectivity index (χ4n) is 2.63. The van der Waals surface area contributed by atoms with Gasteiger partial charge in [0.15, 0.2) is 10.2 Å². The Balaban J connectivity index is 0.000000231. The third-order valence-corrected chi connectivity index (χ3v) is 5.31. The summed E-state index contributed by atoms with van der Waals surface area (Å²) in [6.07, 6.45) is 10.3. The molecular weight excluding hydrogens is 416 g/mol. The van der Waals surface area contributed by atoms with Crippen molar-refractivity contribution in [2.24, 2.45) is 0 Å². The third kappa shape index (κ3) is 9.29. The summed E-state index contributed by atoms with van der Waals surface area (Å²) in [4.78, 5) is 12.3. The van der Waals surface area contributed by atoms with Gasteiger partial charge in [-0.05, 0) is 51.4 Å². The molecule has 0 spiro atoms. The van der Waals surface area contributed by atoms with E-state index in [1.807, 2.05) is 0 Å². The fraction of sp³-hybridized carbons (Fsp3) is 0.600. The predicted molar refractivity (Wildman–Crippen MR) is 132 cm³/mol. The molecule has 2 aromatic rings. The molecule has 2 N–H and O–H groups in total.